The van der Waals surface area contributed by atoms with Gasteiger partial charge in [-0.3, -0.25) is 0 Å². The summed E-state index contributed by atoms with van der Waals surface area (Å²) < 4.78 is 18.6. The Hall–Kier alpha value is -1.13. The van der Waals surface area contributed by atoms with E-state index in [1.54, 1.807) is 19.9 Å². The molecular weight excluding hydrogens is 221 g/mol. The highest BCUT2D eigenvalue weighted by atomic mass is 19.1. The minimum Gasteiger partial charge on any atom is -0.490 e. The summed E-state index contributed by atoms with van der Waals surface area (Å²) in [5, 5.41) is 9.83. The molecule has 0 aromatic heterocycles. The lowest BCUT2D eigenvalue weighted by molar-refractivity contribution is 0.00800. The van der Waals surface area contributed by atoms with Gasteiger partial charge >= 0.3 is 0 Å². The van der Waals surface area contributed by atoms with E-state index in [0.717, 1.165) is 5.56 Å². The number of hydrogen-bond donors (Lipinski definition) is 2. The minimum absolute atomic E-state index is 0.118. The van der Waals surface area contributed by atoms with Crippen molar-refractivity contribution in [3.63, 3.8) is 0 Å². The topological polar surface area (TPSA) is 55.5 Å². The average molecular weight is 241 g/mol. The number of ether oxygens (including phenoxy) is 1. The van der Waals surface area contributed by atoms with E-state index in [-0.39, 0.29) is 18.5 Å². The Morgan fingerprint density at radius 3 is 2.71 bits per heavy atom. The summed E-state index contributed by atoms with van der Waals surface area (Å²) in [6.45, 7) is 5.46. The van der Waals surface area contributed by atoms with Gasteiger partial charge in [0.1, 0.15) is 18.2 Å². The molecule has 0 amide bonds. The third-order valence-corrected chi connectivity index (χ3v) is 2.77. The Balaban J connectivity index is 2.85. The highest BCUT2D eigenvalue weighted by Crippen LogP contribution is 2.26. The Morgan fingerprint density at radius 1 is 1.53 bits per heavy atom. The normalized spacial score (nSPS) is 16.4. The summed E-state index contributed by atoms with van der Waals surface area (Å²) in [6.07, 6.45) is 0.565. The number of rotatable bonds is 5. The maximum Gasteiger partial charge on any atom is 0.127 e. The van der Waals surface area contributed by atoms with Gasteiger partial charge in [0.2, 0.25) is 0 Å². The Kier molecular flexibility index (Phi) is 4.48. The molecule has 2 atom stereocenters. The molecule has 0 heterocycles. The van der Waals surface area contributed by atoms with Gasteiger partial charge in [-0.25, -0.2) is 4.39 Å². The molecule has 3 nitrogen and oxygen atoms in total. The number of halogens is 1. The van der Waals surface area contributed by atoms with E-state index in [0.29, 0.717) is 12.2 Å². The molecule has 17 heavy (non-hydrogen) atoms. The number of nitrogens with two attached hydrogens (primary N) is 1. The van der Waals surface area contributed by atoms with E-state index >= 15 is 0 Å². The standard InChI is InChI=1S/C13H20FNO2/c1-4-13(3,16)8-17-12-7-10(14)5-6-11(12)9(2)15/h5-7,9,16H,4,8,15H2,1-3H3/t9-,13?/m1/s1. The first kappa shape index (κ1) is 13.9. The molecule has 1 aromatic rings. The summed E-state index contributed by atoms with van der Waals surface area (Å²) in [5.74, 6) is 0.0225. The monoisotopic (exact) mass is 241 g/mol. The van der Waals surface area contributed by atoms with Crippen LogP contribution in [0.2, 0.25) is 0 Å². The molecule has 4 heteroatoms. The minimum atomic E-state index is -0.915. The van der Waals surface area contributed by atoms with Crippen molar-refractivity contribution in [3.05, 3.63) is 29.6 Å². The molecule has 0 fully saturated rings. The van der Waals surface area contributed by atoms with Crippen molar-refractivity contribution in [3.8, 4) is 5.75 Å². The third-order valence-electron chi connectivity index (χ3n) is 2.77. The molecule has 1 aromatic carbocycles. The highest BCUT2D eigenvalue weighted by Gasteiger charge is 2.20. The van der Waals surface area contributed by atoms with Crippen LogP contribution in [-0.2, 0) is 0 Å². The lowest BCUT2D eigenvalue weighted by Crippen LogP contribution is -2.31. The van der Waals surface area contributed by atoms with Crippen LogP contribution < -0.4 is 10.5 Å². The molecule has 1 rings (SSSR count). The Bertz CT molecular complexity index is 378. The van der Waals surface area contributed by atoms with Crippen molar-refractivity contribution in [1.82, 2.24) is 0 Å². The molecule has 0 radical (unpaired) electrons. The second-order valence-corrected chi connectivity index (χ2v) is 4.61. The third kappa shape index (κ3) is 3.98. The van der Waals surface area contributed by atoms with E-state index in [9.17, 15) is 9.50 Å². The van der Waals surface area contributed by atoms with Crippen molar-refractivity contribution in [2.24, 2.45) is 5.73 Å². The van der Waals surface area contributed by atoms with Gasteiger partial charge < -0.3 is 15.6 Å². The zero-order chi connectivity index (χ0) is 13.1. The smallest absolute Gasteiger partial charge is 0.127 e. The van der Waals surface area contributed by atoms with Crippen LogP contribution in [0.15, 0.2) is 18.2 Å². The molecule has 0 aliphatic carbocycles. The van der Waals surface area contributed by atoms with E-state index < -0.39 is 5.60 Å². The predicted molar refractivity (Wildman–Crippen MR) is 65.4 cm³/mol. The molecule has 3 N–H and O–H groups in total. The highest BCUT2D eigenvalue weighted by molar-refractivity contribution is 5.36. The zero-order valence-corrected chi connectivity index (χ0v) is 10.5. The quantitative estimate of drug-likeness (QED) is 0.832. The largest absolute Gasteiger partial charge is 0.490 e. The van der Waals surface area contributed by atoms with Crippen LogP contribution >= 0.6 is 0 Å². The summed E-state index contributed by atoms with van der Waals surface area (Å²) >= 11 is 0. The summed E-state index contributed by atoms with van der Waals surface area (Å²) in [5.41, 5.74) is 5.59. The fourth-order valence-electron chi connectivity index (χ4n) is 1.34. The van der Waals surface area contributed by atoms with Crippen molar-refractivity contribution < 1.29 is 14.2 Å². The van der Waals surface area contributed by atoms with Crippen molar-refractivity contribution >= 4 is 0 Å². The van der Waals surface area contributed by atoms with E-state index in [4.69, 9.17) is 10.5 Å². The van der Waals surface area contributed by atoms with E-state index in [2.05, 4.69) is 0 Å². The molecule has 0 aliphatic heterocycles. The Morgan fingerprint density at radius 2 is 2.18 bits per heavy atom. The van der Waals surface area contributed by atoms with Crippen LogP contribution in [0.25, 0.3) is 0 Å². The average Bonchev–Trinajstić information content (AvgIpc) is 2.26. The van der Waals surface area contributed by atoms with Gasteiger partial charge in [-0.15, -0.1) is 0 Å². The second-order valence-electron chi connectivity index (χ2n) is 4.61. The summed E-state index contributed by atoms with van der Waals surface area (Å²) in [6, 6.07) is 4.02. The van der Waals surface area contributed by atoms with Crippen LogP contribution in [0.1, 0.15) is 38.8 Å². The zero-order valence-electron chi connectivity index (χ0n) is 10.5. The molecule has 96 valence electrons. The van der Waals surface area contributed by atoms with Crippen molar-refractivity contribution in [2.45, 2.75) is 38.8 Å². The second kappa shape index (κ2) is 5.47. The van der Waals surface area contributed by atoms with Crippen LogP contribution in [-0.4, -0.2) is 17.3 Å². The molecule has 0 saturated carbocycles. The van der Waals surface area contributed by atoms with Gasteiger partial charge in [-0.2, -0.15) is 0 Å². The van der Waals surface area contributed by atoms with Gasteiger partial charge in [0, 0.05) is 17.7 Å². The lowest BCUT2D eigenvalue weighted by Gasteiger charge is -2.23. The van der Waals surface area contributed by atoms with E-state index in [1.165, 1.54) is 12.1 Å². The molecule has 0 saturated heterocycles. The molecular formula is C13H20FNO2. The molecule has 1 unspecified atom stereocenters. The van der Waals surface area contributed by atoms with Crippen molar-refractivity contribution in [1.29, 1.82) is 0 Å². The first-order valence-corrected chi connectivity index (χ1v) is 5.76. The maximum absolute atomic E-state index is 13.1. The molecule has 0 spiro atoms. The fraction of sp³-hybridized carbons (Fsp3) is 0.538. The number of hydrogen-bond acceptors (Lipinski definition) is 3. The van der Waals surface area contributed by atoms with E-state index in [1.807, 2.05) is 6.92 Å². The molecule has 0 aliphatic rings. The maximum atomic E-state index is 13.1. The van der Waals surface area contributed by atoms with Crippen molar-refractivity contribution in [2.75, 3.05) is 6.61 Å². The molecule has 0 bridgehead atoms. The van der Waals surface area contributed by atoms with Crippen LogP contribution in [0.4, 0.5) is 4.39 Å². The van der Waals surface area contributed by atoms with Crippen LogP contribution in [0.5, 0.6) is 5.75 Å². The predicted octanol–water partition coefficient (Wildman–Crippen LogP) is 2.39. The fourth-order valence-corrected chi connectivity index (χ4v) is 1.34. The van der Waals surface area contributed by atoms with Gasteiger partial charge in [0.15, 0.2) is 0 Å². The van der Waals surface area contributed by atoms with Gasteiger partial charge in [0.25, 0.3) is 0 Å². The first-order valence-electron chi connectivity index (χ1n) is 5.76. The lowest BCUT2D eigenvalue weighted by atomic mass is 10.1. The summed E-state index contributed by atoms with van der Waals surface area (Å²) in [7, 11) is 0. The van der Waals surface area contributed by atoms with Gasteiger partial charge in [0.05, 0.1) is 5.60 Å². The SMILES string of the molecule is CCC(C)(O)COc1cc(F)ccc1[C@@H](C)N. The number of benzene rings is 1. The number of aliphatic hydroxyl groups is 1. The Labute approximate surface area is 101 Å². The summed E-state index contributed by atoms with van der Waals surface area (Å²) in [4.78, 5) is 0. The van der Waals surface area contributed by atoms with Crippen LogP contribution in [0, 0.1) is 5.82 Å². The van der Waals surface area contributed by atoms with Gasteiger partial charge in [-0.1, -0.05) is 13.0 Å². The first-order chi connectivity index (χ1) is 7.85. The van der Waals surface area contributed by atoms with Crippen LogP contribution in [0.3, 0.4) is 0 Å². The van der Waals surface area contributed by atoms with Gasteiger partial charge in [-0.05, 0) is 26.3 Å².